The van der Waals surface area contributed by atoms with Crippen molar-refractivity contribution in [2.45, 2.75) is 4.90 Å². The van der Waals surface area contributed by atoms with Crippen molar-refractivity contribution in [3.8, 4) is 0 Å². The van der Waals surface area contributed by atoms with E-state index in [0.29, 0.717) is 0 Å². The summed E-state index contributed by atoms with van der Waals surface area (Å²) in [4.78, 5) is 1.21. The third kappa shape index (κ3) is 1.79. The van der Waals surface area contributed by atoms with Crippen LogP contribution in [-0.2, 0) is 0 Å². The number of benzene rings is 1. The Morgan fingerprint density at radius 3 is 2.30 bits per heavy atom. The highest BCUT2D eigenvalue weighted by atomic mass is 32.2. The van der Waals surface area contributed by atoms with E-state index in [0.717, 1.165) is 12.9 Å². The highest BCUT2D eigenvalue weighted by molar-refractivity contribution is 7.98. The van der Waals surface area contributed by atoms with Crippen LogP contribution in [0.4, 0.5) is 0 Å². The Morgan fingerprint density at radius 2 is 1.90 bits per heavy atom. The van der Waals surface area contributed by atoms with Gasteiger partial charge in [0.1, 0.15) is 0 Å². The van der Waals surface area contributed by atoms with Gasteiger partial charge in [0, 0.05) is 4.90 Å². The molecule has 0 bridgehead atoms. The Bertz CT molecular complexity index is 174. The molecule has 0 fully saturated rings. The van der Waals surface area contributed by atoms with Crippen LogP contribution in [0, 0.1) is 0 Å². The Morgan fingerprint density at radius 1 is 1.30 bits per heavy atom. The second-order valence-corrected chi connectivity index (χ2v) is 2.78. The molecule has 1 radical (unpaired) electrons. The molecule has 0 unspecified atom stereocenters. The third-order valence-corrected chi connectivity index (χ3v) is 2.01. The lowest BCUT2D eigenvalue weighted by atomic mass is 9.89. The largest absolute Gasteiger partial charge is 0.450 e. The minimum Gasteiger partial charge on any atom is -0.450 e. The summed E-state index contributed by atoms with van der Waals surface area (Å²) in [6, 6.07) is 7.72. The Balaban J connectivity index is 2.80. The van der Waals surface area contributed by atoms with Gasteiger partial charge in [-0.05, 0) is 18.4 Å². The zero-order valence-electron chi connectivity index (χ0n) is 5.74. The molecular weight excluding hydrogens is 143 g/mol. The van der Waals surface area contributed by atoms with Crippen LogP contribution in [-0.4, -0.2) is 18.8 Å². The molecule has 0 aliphatic heterocycles. The van der Waals surface area contributed by atoms with Crippen LogP contribution < -0.4 is 5.46 Å². The van der Waals surface area contributed by atoms with Crippen LogP contribution in [0.5, 0.6) is 0 Å². The van der Waals surface area contributed by atoms with Gasteiger partial charge in [0.15, 0.2) is 0 Å². The summed E-state index contributed by atoms with van der Waals surface area (Å²) in [5.74, 6) is 0. The van der Waals surface area contributed by atoms with Gasteiger partial charge >= 0.3 is 7.48 Å². The zero-order valence-corrected chi connectivity index (χ0v) is 6.56. The maximum Gasteiger partial charge on any atom is 0.326 e. The lowest BCUT2D eigenvalue weighted by molar-refractivity contribution is 0.615. The van der Waals surface area contributed by atoms with Crippen LogP contribution in [0.15, 0.2) is 29.2 Å². The van der Waals surface area contributed by atoms with E-state index in [2.05, 4.69) is 0 Å². The normalized spacial score (nSPS) is 9.40. The molecule has 0 atom stereocenters. The van der Waals surface area contributed by atoms with Gasteiger partial charge < -0.3 is 5.02 Å². The van der Waals surface area contributed by atoms with Crippen molar-refractivity contribution in [1.82, 2.24) is 0 Å². The molecule has 1 aromatic rings. The standard InChI is InChI=1S/C7H8BOS/c1-10-7-4-2-6(8-9)3-5-7/h2-5,9H,1H3. The molecular formula is C7H8BOS. The van der Waals surface area contributed by atoms with Gasteiger partial charge in [0.05, 0.1) is 0 Å². The van der Waals surface area contributed by atoms with Gasteiger partial charge in [-0.3, -0.25) is 0 Å². The second kappa shape index (κ2) is 3.69. The smallest absolute Gasteiger partial charge is 0.326 e. The van der Waals surface area contributed by atoms with Gasteiger partial charge in [-0.15, -0.1) is 11.8 Å². The fourth-order valence-corrected chi connectivity index (χ4v) is 1.10. The molecule has 0 aliphatic rings. The van der Waals surface area contributed by atoms with Crippen molar-refractivity contribution >= 4 is 24.7 Å². The quantitative estimate of drug-likeness (QED) is 0.494. The minimum absolute atomic E-state index is 0.845. The number of hydrogen-bond acceptors (Lipinski definition) is 2. The second-order valence-electron chi connectivity index (χ2n) is 1.90. The molecule has 0 aromatic heterocycles. The van der Waals surface area contributed by atoms with Gasteiger partial charge in [-0.1, -0.05) is 17.6 Å². The predicted molar refractivity (Wildman–Crippen MR) is 45.8 cm³/mol. The molecule has 0 saturated heterocycles. The summed E-state index contributed by atoms with van der Waals surface area (Å²) in [6.07, 6.45) is 2.03. The lowest BCUT2D eigenvalue weighted by Crippen LogP contribution is -2.11. The van der Waals surface area contributed by atoms with Crippen LogP contribution in [0.1, 0.15) is 0 Å². The topological polar surface area (TPSA) is 20.2 Å². The first-order chi connectivity index (χ1) is 4.86. The first kappa shape index (κ1) is 7.70. The summed E-state index contributed by atoms with van der Waals surface area (Å²) in [7, 11) is 1.10. The average molecular weight is 151 g/mol. The molecule has 0 spiro atoms. The number of hydrogen-bond donors (Lipinski definition) is 1. The predicted octanol–water partition coefficient (Wildman–Crippen LogP) is 0.645. The van der Waals surface area contributed by atoms with E-state index >= 15 is 0 Å². The molecule has 51 valence electrons. The highest BCUT2D eigenvalue weighted by Crippen LogP contribution is 2.10. The molecule has 0 saturated carbocycles. The van der Waals surface area contributed by atoms with Gasteiger partial charge in [-0.25, -0.2) is 0 Å². The van der Waals surface area contributed by atoms with Crippen molar-refractivity contribution in [3.05, 3.63) is 24.3 Å². The van der Waals surface area contributed by atoms with Crippen molar-refractivity contribution in [1.29, 1.82) is 0 Å². The first-order valence-corrected chi connectivity index (χ1v) is 4.21. The van der Waals surface area contributed by atoms with Crippen LogP contribution in [0.25, 0.3) is 0 Å². The average Bonchev–Trinajstić information content (AvgIpc) is 2.05. The van der Waals surface area contributed by atoms with Gasteiger partial charge in [0.2, 0.25) is 0 Å². The van der Waals surface area contributed by atoms with Gasteiger partial charge in [-0.2, -0.15) is 0 Å². The Labute approximate surface area is 65.7 Å². The molecule has 0 heterocycles. The molecule has 0 amide bonds. The van der Waals surface area contributed by atoms with Crippen LogP contribution in [0.2, 0.25) is 0 Å². The SMILES string of the molecule is CSc1ccc([B]O)cc1. The summed E-state index contributed by atoms with van der Waals surface area (Å²) in [5.41, 5.74) is 0.845. The van der Waals surface area contributed by atoms with Crippen LogP contribution >= 0.6 is 11.8 Å². The van der Waals surface area contributed by atoms with E-state index in [9.17, 15) is 0 Å². The zero-order chi connectivity index (χ0) is 7.40. The fraction of sp³-hybridized carbons (Fsp3) is 0.143. The van der Waals surface area contributed by atoms with Crippen molar-refractivity contribution in [2.24, 2.45) is 0 Å². The van der Waals surface area contributed by atoms with Crippen molar-refractivity contribution < 1.29 is 5.02 Å². The summed E-state index contributed by atoms with van der Waals surface area (Å²) >= 11 is 1.69. The molecule has 1 rings (SSSR count). The summed E-state index contributed by atoms with van der Waals surface area (Å²) in [5, 5.41) is 8.57. The van der Waals surface area contributed by atoms with E-state index in [1.165, 1.54) is 4.90 Å². The van der Waals surface area contributed by atoms with E-state index in [4.69, 9.17) is 5.02 Å². The number of thioether (sulfide) groups is 1. The monoisotopic (exact) mass is 151 g/mol. The first-order valence-electron chi connectivity index (χ1n) is 2.98. The molecule has 0 aliphatic carbocycles. The molecule has 10 heavy (non-hydrogen) atoms. The highest BCUT2D eigenvalue weighted by Gasteiger charge is 1.91. The Hall–Kier alpha value is -0.405. The maximum atomic E-state index is 8.57. The number of rotatable bonds is 2. The molecule has 3 heteroatoms. The minimum atomic E-state index is 0.845. The summed E-state index contributed by atoms with van der Waals surface area (Å²) in [6.45, 7) is 0. The maximum absolute atomic E-state index is 8.57. The lowest BCUT2D eigenvalue weighted by Gasteiger charge is -1.95. The van der Waals surface area contributed by atoms with E-state index in [-0.39, 0.29) is 0 Å². The van der Waals surface area contributed by atoms with E-state index < -0.39 is 0 Å². The molecule has 1 nitrogen and oxygen atoms in total. The molecule has 1 N–H and O–H groups in total. The molecule has 1 aromatic carbocycles. The van der Waals surface area contributed by atoms with E-state index in [1.807, 2.05) is 30.5 Å². The fourth-order valence-electron chi connectivity index (χ4n) is 0.690. The van der Waals surface area contributed by atoms with Crippen LogP contribution in [0.3, 0.4) is 0 Å². The summed E-state index contributed by atoms with van der Waals surface area (Å²) < 4.78 is 0. The van der Waals surface area contributed by atoms with Gasteiger partial charge in [0.25, 0.3) is 0 Å². The van der Waals surface area contributed by atoms with Crippen molar-refractivity contribution in [2.75, 3.05) is 6.26 Å². The van der Waals surface area contributed by atoms with Crippen molar-refractivity contribution in [3.63, 3.8) is 0 Å². The Kier molecular flexibility index (Phi) is 2.84. The van der Waals surface area contributed by atoms with E-state index in [1.54, 1.807) is 11.8 Å². The third-order valence-electron chi connectivity index (χ3n) is 1.26.